The molecule has 8 heteroatoms. The van der Waals surface area contributed by atoms with Crippen LogP contribution in [0.2, 0.25) is 0 Å². The molecule has 1 amide bonds. The number of rotatable bonds is 6. The van der Waals surface area contributed by atoms with Crippen LogP contribution in [0.5, 0.6) is 0 Å². The Kier molecular flexibility index (Phi) is 5.49. The number of aliphatic carboxylic acids is 1. The number of amides is 1. The van der Waals surface area contributed by atoms with Crippen LogP contribution in [0.3, 0.4) is 0 Å². The van der Waals surface area contributed by atoms with Gasteiger partial charge in [0.15, 0.2) is 0 Å². The Labute approximate surface area is 132 Å². The van der Waals surface area contributed by atoms with Crippen LogP contribution in [0.1, 0.15) is 33.2 Å². The van der Waals surface area contributed by atoms with Crippen molar-refractivity contribution >= 4 is 23.2 Å². The molecular formula is C14H20N2O5S. The summed E-state index contributed by atoms with van der Waals surface area (Å²) in [6.07, 6.45) is 0.804. The highest BCUT2D eigenvalue weighted by atomic mass is 32.1. The molecule has 0 aliphatic carbocycles. The van der Waals surface area contributed by atoms with Crippen molar-refractivity contribution in [3.63, 3.8) is 0 Å². The molecule has 0 spiro atoms. The quantitative estimate of drug-likeness (QED) is 0.814. The van der Waals surface area contributed by atoms with E-state index in [0.29, 0.717) is 43.2 Å². The second-order valence-corrected chi connectivity index (χ2v) is 6.42. The van der Waals surface area contributed by atoms with Gasteiger partial charge in [-0.3, -0.25) is 9.59 Å². The Hall–Kier alpha value is -1.51. The Morgan fingerprint density at radius 3 is 2.73 bits per heavy atom. The maximum absolute atomic E-state index is 12.3. The van der Waals surface area contributed by atoms with Crippen molar-refractivity contribution in [2.24, 2.45) is 5.41 Å². The number of carboxylic acid groups (broad SMARTS) is 1. The third-order valence-corrected chi connectivity index (χ3v) is 4.94. The molecule has 7 nitrogen and oxygen atoms in total. The smallest absolute Gasteiger partial charge is 0.311 e. The molecule has 22 heavy (non-hydrogen) atoms. The number of ether oxygens (including phenoxy) is 2. The van der Waals surface area contributed by atoms with Gasteiger partial charge in [0, 0.05) is 26.9 Å². The lowest BCUT2D eigenvalue weighted by Gasteiger charge is -2.33. The van der Waals surface area contributed by atoms with Crippen LogP contribution >= 0.6 is 11.3 Å². The number of aryl methyl sites for hydroxylation is 1. The fraction of sp³-hybridized carbons (Fsp3) is 0.643. The molecular weight excluding hydrogens is 308 g/mol. The fourth-order valence-corrected chi connectivity index (χ4v) is 3.36. The number of hydrogen-bond acceptors (Lipinski definition) is 6. The van der Waals surface area contributed by atoms with E-state index in [0.717, 1.165) is 5.01 Å². The van der Waals surface area contributed by atoms with Crippen LogP contribution in [0, 0.1) is 12.3 Å². The van der Waals surface area contributed by atoms with Crippen LogP contribution < -0.4 is 5.32 Å². The predicted octanol–water partition coefficient (Wildman–Crippen LogP) is 1.21. The van der Waals surface area contributed by atoms with Crippen molar-refractivity contribution in [2.45, 2.75) is 26.4 Å². The van der Waals surface area contributed by atoms with Crippen LogP contribution in [-0.4, -0.2) is 48.8 Å². The lowest BCUT2D eigenvalue weighted by Crippen LogP contribution is -2.46. The molecule has 1 aliphatic rings. The average molecular weight is 328 g/mol. The summed E-state index contributed by atoms with van der Waals surface area (Å²) in [5.74, 6) is -1.18. The molecule has 0 aromatic carbocycles. The maximum atomic E-state index is 12.3. The van der Waals surface area contributed by atoms with Crippen LogP contribution in [0.4, 0.5) is 0 Å². The van der Waals surface area contributed by atoms with Crippen molar-refractivity contribution in [3.8, 4) is 0 Å². The van der Waals surface area contributed by atoms with Gasteiger partial charge in [0.1, 0.15) is 9.88 Å². The highest BCUT2D eigenvalue weighted by Gasteiger charge is 2.40. The Morgan fingerprint density at radius 1 is 1.45 bits per heavy atom. The molecule has 0 saturated carbocycles. The van der Waals surface area contributed by atoms with Gasteiger partial charge in [-0.1, -0.05) is 0 Å². The zero-order valence-corrected chi connectivity index (χ0v) is 13.5. The van der Waals surface area contributed by atoms with E-state index in [1.807, 2.05) is 0 Å². The van der Waals surface area contributed by atoms with E-state index in [1.165, 1.54) is 11.3 Å². The van der Waals surface area contributed by atoms with Crippen LogP contribution in [0.25, 0.3) is 0 Å². The van der Waals surface area contributed by atoms with E-state index in [9.17, 15) is 14.7 Å². The summed E-state index contributed by atoms with van der Waals surface area (Å²) in [5.41, 5.74) is -0.312. The number of aromatic nitrogens is 1. The standard InChI is InChI=1S/C14H20N2O5S/c1-9-11(22-10(16-9)7-20-2)12(17)15-8-14(13(18)19)3-5-21-6-4-14/h3-8H2,1-2H3,(H,15,17)(H,18,19). The molecule has 2 heterocycles. The summed E-state index contributed by atoms with van der Waals surface area (Å²) in [7, 11) is 1.57. The van der Waals surface area contributed by atoms with E-state index < -0.39 is 11.4 Å². The third kappa shape index (κ3) is 3.63. The van der Waals surface area contributed by atoms with Gasteiger partial charge in [0.05, 0.1) is 17.7 Å². The van der Waals surface area contributed by atoms with Gasteiger partial charge in [-0.25, -0.2) is 4.98 Å². The average Bonchev–Trinajstić information content (AvgIpc) is 2.87. The Balaban J connectivity index is 2.03. The summed E-state index contributed by atoms with van der Waals surface area (Å²) < 4.78 is 10.2. The minimum atomic E-state index is -0.943. The zero-order chi connectivity index (χ0) is 16.2. The van der Waals surface area contributed by atoms with Crippen molar-refractivity contribution in [1.82, 2.24) is 10.3 Å². The number of nitrogens with one attached hydrogen (secondary N) is 1. The molecule has 2 rings (SSSR count). The molecule has 0 unspecified atom stereocenters. The van der Waals surface area contributed by atoms with Gasteiger partial charge in [0.25, 0.3) is 5.91 Å². The lowest BCUT2D eigenvalue weighted by molar-refractivity contribution is -0.154. The Bertz CT molecular complexity index is 551. The van der Waals surface area contributed by atoms with E-state index in [4.69, 9.17) is 9.47 Å². The molecule has 1 aliphatic heterocycles. The van der Waals surface area contributed by atoms with E-state index in [1.54, 1.807) is 14.0 Å². The Morgan fingerprint density at radius 2 is 2.14 bits per heavy atom. The van der Waals surface area contributed by atoms with E-state index in [-0.39, 0.29) is 12.5 Å². The molecule has 1 aromatic rings. The zero-order valence-electron chi connectivity index (χ0n) is 12.7. The summed E-state index contributed by atoms with van der Waals surface area (Å²) in [6.45, 7) is 3.02. The predicted molar refractivity (Wildman–Crippen MR) is 80.0 cm³/mol. The van der Waals surface area contributed by atoms with Crippen molar-refractivity contribution in [2.75, 3.05) is 26.9 Å². The molecule has 1 saturated heterocycles. The second kappa shape index (κ2) is 7.17. The highest BCUT2D eigenvalue weighted by molar-refractivity contribution is 7.13. The summed E-state index contributed by atoms with van der Waals surface area (Å²) in [6, 6.07) is 0. The van der Waals surface area contributed by atoms with Gasteiger partial charge >= 0.3 is 5.97 Å². The number of carboxylic acids is 1. The molecule has 2 N–H and O–H groups in total. The van der Waals surface area contributed by atoms with Crippen molar-refractivity contribution in [1.29, 1.82) is 0 Å². The second-order valence-electron chi connectivity index (χ2n) is 5.34. The SMILES string of the molecule is COCc1nc(C)c(C(=O)NCC2(C(=O)O)CCOCC2)s1. The van der Waals surface area contributed by atoms with Gasteiger partial charge in [-0.2, -0.15) is 0 Å². The molecule has 0 radical (unpaired) electrons. The van der Waals surface area contributed by atoms with Gasteiger partial charge < -0.3 is 19.9 Å². The van der Waals surface area contributed by atoms with Gasteiger partial charge in [0.2, 0.25) is 0 Å². The summed E-state index contributed by atoms with van der Waals surface area (Å²) in [5, 5.41) is 12.9. The van der Waals surface area contributed by atoms with E-state index >= 15 is 0 Å². The number of methoxy groups -OCH3 is 1. The van der Waals surface area contributed by atoms with Crippen LogP contribution in [0.15, 0.2) is 0 Å². The fourth-order valence-electron chi connectivity index (χ4n) is 2.41. The summed E-state index contributed by atoms with van der Waals surface area (Å²) in [4.78, 5) is 28.6. The largest absolute Gasteiger partial charge is 0.481 e. The molecule has 0 atom stereocenters. The first-order valence-electron chi connectivity index (χ1n) is 7.03. The molecule has 1 fully saturated rings. The third-order valence-electron chi connectivity index (χ3n) is 3.81. The van der Waals surface area contributed by atoms with Crippen molar-refractivity contribution in [3.05, 3.63) is 15.6 Å². The number of carbonyl (C=O) groups excluding carboxylic acids is 1. The van der Waals surface area contributed by atoms with Gasteiger partial charge in [-0.05, 0) is 19.8 Å². The molecule has 1 aromatic heterocycles. The van der Waals surface area contributed by atoms with E-state index in [2.05, 4.69) is 10.3 Å². The first kappa shape index (κ1) is 16.9. The minimum absolute atomic E-state index is 0.0987. The number of carbonyl (C=O) groups is 2. The lowest BCUT2D eigenvalue weighted by atomic mass is 9.80. The topological polar surface area (TPSA) is 97.8 Å². The van der Waals surface area contributed by atoms with Gasteiger partial charge in [-0.15, -0.1) is 11.3 Å². The highest BCUT2D eigenvalue weighted by Crippen LogP contribution is 2.30. The minimum Gasteiger partial charge on any atom is -0.481 e. The number of nitrogens with zero attached hydrogens (tertiary/aromatic N) is 1. The van der Waals surface area contributed by atoms with Crippen molar-refractivity contribution < 1.29 is 24.2 Å². The maximum Gasteiger partial charge on any atom is 0.311 e. The first-order valence-corrected chi connectivity index (χ1v) is 7.85. The monoisotopic (exact) mass is 328 g/mol. The van der Waals surface area contributed by atoms with Crippen LogP contribution in [-0.2, 0) is 20.9 Å². The molecule has 122 valence electrons. The number of thiazole rings is 1. The molecule has 0 bridgehead atoms. The summed E-state index contributed by atoms with van der Waals surface area (Å²) >= 11 is 1.27. The number of hydrogen-bond donors (Lipinski definition) is 2. The normalized spacial score (nSPS) is 17.2. The first-order chi connectivity index (χ1) is 10.5.